The van der Waals surface area contributed by atoms with E-state index in [1.54, 1.807) is 0 Å². The number of anilines is 1. The lowest BCUT2D eigenvalue weighted by Gasteiger charge is -2.14. The molecule has 23 heavy (non-hydrogen) atoms. The Morgan fingerprint density at radius 2 is 1.74 bits per heavy atom. The number of nitrogens with one attached hydrogen (secondary N) is 1. The summed E-state index contributed by atoms with van der Waals surface area (Å²) in [6.07, 6.45) is 5.17. The van der Waals surface area contributed by atoms with Gasteiger partial charge in [0.1, 0.15) is 5.75 Å². The van der Waals surface area contributed by atoms with Gasteiger partial charge in [-0.15, -0.1) is 11.8 Å². The first-order chi connectivity index (χ1) is 11.3. The molecular weight excluding hydrogens is 306 g/mol. The SMILES string of the molecule is O=C(COc1ccccc1)Nc1ccccc1SC1CCCC1. The number of ether oxygens (including phenoxy) is 1. The molecule has 1 N–H and O–H groups in total. The number of carbonyl (C=O) groups is 1. The van der Waals surface area contributed by atoms with E-state index in [1.165, 1.54) is 25.7 Å². The van der Waals surface area contributed by atoms with Crippen molar-refractivity contribution in [1.82, 2.24) is 0 Å². The number of para-hydroxylation sites is 2. The maximum Gasteiger partial charge on any atom is 0.262 e. The number of hydrogen-bond acceptors (Lipinski definition) is 3. The molecule has 0 radical (unpaired) electrons. The normalized spacial score (nSPS) is 14.6. The molecule has 3 rings (SSSR count). The largest absolute Gasteiger partial charge is 0.484 e. The van der Waals surface area contributed by atoms with Crippen molar-refractivity contribution in [3.05, 3.63) is 54.6 Å². The Morgan fingerprint density at radius 1 is 1.04 bits per heavy atom. The number of rotatable bonds is 6. The molecule has 0 aromatic heterocycles. The number of benzene rings is 2. The minimum Gasteiger partial charge on any atom is -0.484 e. The molecular formula is C19H21NO2S. The van der Waals surface area contributed by atoms with Gasteiger partial charge in [-0.3, -0.25) is 4.79 Å². The van der Waals surface area contributed by atoms with Gasteiger partial charge in [0.25, 0.3) is 5.91 Å². The maximum atomic E-state index is 12.1. The van der Waals surface area contributed by atoms with E-state index >= 15 is 0 Å². The van der Waals surface area contributed by atoms with Crippen molar-refractivity contribution in [2.24, 2.45) is 0 Å². The van der Waals surface area contributed by atoms with Crippen molar-refractivity contribution in [2.75, 3.05) is 11.9 Å². The summed E-state index contributed by atoms with van der Waals surface area (Å²) in [5.74, 6) is 0.574. The van der Waals surface area contributed by atoms with E-state index in [2.05, 4.69) is 11.4 Å². The molecule has 0 bridgehead atoms. The summed E-state index contributed by atoms with van der Waals surface area (Å²) < 4.78 is 5.49. The second-order valence-electron chi connectivity index (χ2n) is 5.67. The van der Waals surface area contributed by atoms with E-state index < -0.39 is 0 Å². The molecule has 0 saturated heterocycles. The van der Waals surface area contributed by atoms with Crippen molar-refractivity contribution < 1.29 is 9.53 Å². The van der Waals surface area contributed by atoms with Crippen LogP contribution in [0.1, 0.15) is 25.7 Å². The highest BCUT2D eigenvalue weighted by Crippen LogP contribution is 2.37. The first-order valence-corrected chi connectivity index (χ1v) is 8.92. The third kappa shape index (κ3) is 4.76. The van der Waals surface area contributed by atoms with E-state index in [0.29, 0.717) is 11.0 Å². The average Bonchev–Trinajstić information content (AvgIpc) is 3.09. The summed E-state index contributed by atoms with van der Waals surface area (Å²) in [5.41, 5.74) is 0.881. The van der Waals surface area contributed by atoms with Crippen LogP contribution in [0.15, 0.2) is 59.5 Å². The highest BCUT2D eigenvalue weighted by molar-refractivity contribution is 8.00. The van der Waals surface area contributed by atoms with Gasteiger partial charge in [-0.2, -0.15) is 0 Å². The van der Waals surface area contributed by atoms with Gasteiger partial charge in [0.05, 0.1) is 5.69 Å². The zero-order chi connectivity index (χ0) is 15.9. The van der Waals surface area contributed by atoms with Crippen molar-refractivity contribution >= 4 is 23.4 Å². The molecule has 4 heteroatoms. The fourth-order valence-electron chi connectivity index (χ4n) is 2.71. The van der Waals surface area contributed by atoms with Crippen LogP contribution in [-0.2, 0) is 4.79 Å². The second kappa shape index (κ2) is 8.06. The molecule has 2 aromatic rings. The van der Waals surface area contributed by atoms with Crippen LogP contribution in [0.5, 0.6) is 5.75 Å². The average molecular weight is 327 g/mol. The molecule has 0 atom stereocenters. The zero-order valence-corrected chi connectivity index (χ0v) is 13.9. The predicted octanol–water partition coefficient (Wildman–Crippen LogP) is 4.74. The van der Waals surface area contributed by atoms with Gasteiger partial charge in [0.2, 0.25) is 0 Å². The van der Waals surface area contributed by atoms with Crippen LogP contribution >= 0.6 is 11.8 Å². The quantitative estimate of drug-likeness (QED) is 0.833. The lowest BCUT2D eigenvalue weighted by Crippen LogP contribution is -2.20. The van der Waals surface area contributed by atoms with E-state index in [9.17, 15) is 4.79 Å². The van der Waals surface area contributed by atoms with E-state index in [1.807, 2.05) is 60.3 Å². The van der Waals surface area contributed by atoms with Crippen LogP contribution in [0, 0.1) is 0 Å². The Morgan fingerprint density at radius 3 is 2.52 bits per heavy atom. The number of carbonyl (C=O) groups excluding carboxylic acids is 1. The molecule has 1 aliphatic carbocycles. The molecule has 3 nitrogen and oxygen atoms in total. The van der Waals surface area contributed by atoms with Crippen molar-refractivity contribution in [3.8, 4) is 5.75 Å². The first-order valence-electron chi connectivity index (χ1n) is 8.04. The van der Waals surface area contributed by atoms with Gasteiger partial charge < -0.3 is 10.1 Å². The molecule has 0 heterocycles. The molecule has 1 amide bonds. The third-order valence-corrected chi connectivity index (χ3v) is 5.28. The van der Waals surface area contributed by atoms with Gasteiger partial charge in [-0.05, 0) is 37.1 Å². The van der Waals surface area contributed by atoms with Crippen molar-refractivity contribution in [3.63, 3.8) is 0 Å². The lowest BCUT2D eigenvalue weighted by molar-refractivity contribution is -0.118. The molecule has 0 spiro atoms. The second-order valence-corrected chi connectivity index (χ2v) is 7.01. The molecule has 1 fully saturated rings. The number of thioether (sulfide) groups is 1. The smallest absolute Gasteiger partial charge is 0.262 e. The molecule has 1 aliphatic rings. The minimum absolute atomic E-state index is 0.0203. The van der Waals surface area contributed by atoms with Crippen LogP contribution in [0.2, 0.25) is 0 Å². The van der Waals surface area contributed by atoms with Gasteiger partial charge >= 0.3 is 0 Å². The zero-order valence-electron chi connectivity index (χ0n) is 13.0. The Labute approximate surface area is 141 Å². The summed E-state index contributed by atoms with van der Waals surface area (Å²) in [7, 11) is 0. The van der Waals surface area contributed by atoms with Crippen molar-refractivity contribution in [1.29, 1.82) is 0 Å². The van der Waals surface area contributed by atoms with Gasteiger partial charge in [-0.1, -0.05) is 43.2 Å². The van der Waals surface area contributed by atoms with Crippen LogP contribution < -0.4 is 10.1 Å². The van der Waals surface area contributed by atoms with E-state index in [4.69, 9.17) is 4.74 Å². The highest BCUT2D eigenvalue weighted by Gasteiger charge is 2.18. The predicted molar refractivity (Wildman–Crippen MR) is 95.1 cm³/mol. The van der Waals surface area contributed by atoms with Crippen molar-refractivity contribution in [2.45, 2.75) is 35.8 Å². The molecule has 0 aliphatic heterocycles. The standard InChI is InChI=1S/C19H21NO2S/c21-19(14-22-15-8-2-1-3-9-15)20-17-12-6-7-13-18(17)23-16-10-4-5-11-16/h1-3,6-9,12-13,16H,4-5,10-11,14H2,(H,20,21). The monoisotopic (exact) mass is 327 g/mol. The van der Waals surface area contributed by atoms with Crippen LogP contribution in [-0.4, -0.2) is 17.8 Å². The summed E-state index contributed by atoms with van der Waals surface area (Å²) in [4.78, 5) is 13.3. The van der Waals surface area contributed by atoms with Gasteiger partial charge in [0.15, 0.2) is 6.61 Å². The maximum absolute atomic E-state index is 12.1. The first kappa shape index (κ1) is 15.9. The summed E-state index contributed by atoms with van der Waals surface area (Å²) in [6, 6.07) is 17.4. The van der Waals surface area contributed by atoms with Gasteiger partial charge in [-0.25, -0.2) is 0 Å². The van der Waals surface area contributed by atoms with Gasteiger partial charge in [0, 0.05) is 10.1 Å². The molecule has 120 valence electrons. The fourth-order valence-corrected chi connectivity index (χ4v) is 4.04. The van der Waals surface area contributed by atoms with Crippen LogP contribution in [0.25, 0.3) is 0 Å². The van der Waals surface area contributed by atoms with Crippen LogP contribution in [0.4, 0.5) is 5.69 Å². The number of amides is 1. The Hall–Kier alpha value is -1.94. The molecule has 0 unspecified atom stereocenters. The van der Waals surface area contributed by atoms with E-state index in [0.717, 1.165) is 10.6 Å². The molecule has 1 saturated carbocycles. The lowest BCUT2D eigenvalue weighted by atomic mass is 10.3. The fraction of sp³-hybridized carbons (Fsp3) is 0.316. The third-order valence-electron chi connectivity index (χ3n) is 3.87. The minimum atomic E-state index is -0.131. The Kier molecular flexibility index (Phi) is 5.59. The Bertz CT molecular complexity index is 639. The number of hydrogen-bond donors (Lipinski definition) is 1. The van der Waals surface area contributed by atoms with Crippen LogP contribution in [0.3, 0.4) is 0 Å². The van der Waals surface area contributed by atoms with E-state index in [-0.39, 0.29) is 12.5 Å². The summed E-state index contributed by atoms with van der Waals surface area (Å²) in [5, 5.41) is 3.64. The molecule has 2 aromatic carbocycles. The summed E-state index contributed by atoms with van der Waals surface area (Å²) >= 11 is 1.88. The summed E-state index contributed by atoms with van der Waals surface area (Å²) in [6.45, 7) is 0.0203. The highest BCUT2D eigenvalue weighted by atomic mass is 32.2. The Balaban J connectivity index is 1.57. The topological polar surface area (TPSA) is 38.3 Å².